The average molecular weight is 477 g/mol. The first-order valence-corrected chi connectivity index (χ1v) is 11.4. The van der Waals surface area contributed by atoms with Crippen LogP contribution < -0.4 is 9.62 Å². The number of halogens is 3. The van der Waals surface area contributed by atoms with Gasteiger partial charge >= 0.3 is 0 Å². The lowest BCUT2D eigenvalue weighted by atomic mass is 10.0. The number of carbonyl (C=O) groups excluding carboxylic acids is 1. The minimum atomic E-state index is -1.76. The molecule has 0 saturated carbocycles. The predicted molar refractivity (Wildman–Crippen MR) is 124 cm³/mol. The Morgan fingerprint density at radius 1 is 1.03 bits per heavy atom. The summed E-state index contributed by atoms with van der Waals surface area (Å²) < 4.78 is 43.7. The van der Waals surface area contributed by atoms with Crippen molar-refractivity contribution in [3.8, 4) is 0 Å². The first-order valence-electron chi connectivity index (χ1n) is 9.89. The second kappa shape index (κ2) is 10.2. The van der Waals surface area contributed by atoms with Crippen molar-refractivity contribution in [2.45, 2.75) is 25.2 Å². The fourth-order valence-corrected chi connectivity index (χ4v) is 5.05. The molecule has 1 N–H and O–H groups in total. The number of rotatable bonds is 7. The molecule has 8 heteroatoms. The number of amides is 1. The quantitative estimate of drug-likeness (QED) is 0.515. The highest BCUT2D eigenvalue weighted by atomic mass is 35.5. The summed E-state index contributed by atoms with van der Waals surface area (Å²) in [7, 11) is -0.275. The molecule has 0 aliphatic carbocycles. The number of benzene rings is 3. The normalized spacial score (nSPS) is 11.8. The van der Waals surface area contributed by atoms with Gasteiger partial charge in [-0.05, 0) is 73.0 Å². The van der Waals surface area contributed by atoms with Crippen LogP contribution in [0.4, 0.5) is 14.5 Å². The fourth-order valence-electron chi connectivity index (χ4n) is 3.43. The van der Waals surface area contributed by atoms with Crippen LogP contribution in [0.3, 0.4) is 0 Å². The Labute approximate surface area is 193 Å². The highest BCUT2D eigenvalue weighted by molar-refractivity contribution is 7.86. The smallest absolute Gasteiger partial charge is 0.240 e. The van der Waals surface area contributed by atoms with E-state index in [0.29, 0.717) is 21.2 Å². The monoisotopic (exact) mass is 476 g/mol. The van der Waals surface area contributed by atoms with Gasteiger partial charge in [-0.2, -0.15) is 0 Å². The summed E-state index contributed by atoms with van der Waals surface area (Å²) in [6.45, 7) is 3.57. The summed E-state index contributed by atoms with van der Waals surface area (Å²) in [6, 6.07) is 13.9. The van der Waals surface area contributed by atoms with Crippen molar-refractivity contribution in [2.24, 2.45) is 0 Å². The summed E-state index contributed by atoms with van der Waals surface area (Å²) in [5.41, 5.74) is 2.57. The van der Waals surface area contributed by atoms with Crippen LogP contribution in [0.25, 0.3) is 0 Å². The van der Waals surface area contributed by atoms with Crippen LogP contribution in [0.5, 0.6) is 0 Å². The summed E-state index contributed by atoms with van der Waals surface area (Å²) in [4.78, 5) is 12.8. The molecule has 3 aromatic rings. The Balaban J connectivity index is 2.12. The highest BCUT2D eigenvalue weighted by Crippen LogP contribution is 2.31. The molecule has 0 radical (unpaired) electrons. The van der Waals surface area contributed by atoms with E-state index in [1.807, 2.05) is 19.9 Å². The van der Waals surface area contributed by atoms with E-state index < -0.39 is 22.6 Å². The molecule has 32 heavy (non-hydrogen) atoms. The molecule has 3 aromatic carbocycles. The van der Waals surface area contributed by atoms with Crippen LogP contribution in [0.15, 0.2) is 59.5 Å². The first-order chi connectivity index (χ1) is 15.2. The lowest BCUT2D eigenvalue weighted by Crippen LogP contribution is -2.37. The number of carbonyl (C=O) groups is 1. The van der Waals surface area contributed by atoms with Gasteiger partial charge in [0.05, 0.1) is 10.6 Å². The molecule has 1 unspecified atom stereocenters. The number of aryl methyl sites for hydroxylation is 2. The van der Waals surface area contributed by atoms with Gasteiger partial charge in [0, 0.05) is 24.1 Å². The second-order valence-electron chi connectivity index (χ2n) is 7.43. The Kier molecular flexibility index (Phi) is 7.64. The van der Waals surface area contributed by atoms with Gasteiger partial charge in [0.1, 0.15) is 18.2 Å². The zero-order valence-electron chi connectivity index (χ0n) is 17.9. The van der Waals surface area contributed by atoms with E-state index in [4.69, 9.17) is 11.6 Å². The largest absolute Gasteiger partial charge is 0.358 e. The third-order valence-corrected chi connectivity index (χ3v) is 6.50. The number of anilines is 1. The second-order valence-corrected chi connectivity index (χ2v) is 9.28. The molecule has 0 spiro atoms. The molecular weight excluding hydrogens is 454 g/mol. The van der Waals surface area contributed by atoms with E-state index in [1.165, 1.54) is 29.6 Å². The van der Waals surface area contributed by atoms with Crippen molar-refractivity contribution in [3.05, 3.63) is 93.5 Å². The lowest BCUT2D eigenvalue weighted by molar-refractivity contribution is -0.119. The maximum absolute atomic E-state index is 14.3. The van der Waals surface area contributed by atoms with Crippen LogP contribution >= 0.6 is 11.6 Å². The van der Waals surface area contributed by atoms with Gasteiger partial charge in [-0.15, -0.1) is 0 Å². The van der Waals surface area contributed by atoms with Crippen molar-refractivity contribution < 1.29 is 17.8 Å². The van der Waals surface area contributed by atoms with Crippen molar-refractivity contribution in [2.75, 3.05) is 17.9 Å². The average Bonchev–Trinajstić information content (AvgIpc) is 2.74. The van der Waals surface area contributed by atoms with Gasteiger partial charge in [0.25, 0.3) is 0 Å². The molecule has 0 aromatic heterocycles. The van der Waals surface area contributed by atoms with Gasteiger partial charge in [0.2, 0.25) is 5.91 Å². The van der Waals surface area contributed by atoms with Crippen molar-refractivity contribution in [1.82, 2.24) is 5.32 Å². The molecule has 0 aliphatic heterocycles. The Bertz CT molecular complexity index is 1150. The minimum Gasteiger partial charge on any atom is -0.358 e. The molecule has 168 valence electrons. The minimum absolute atomic E-state index is 0.122. The summed E-state index contributed by atoms with van der Waals surface area (Å²) >= 11 is 6.18. The van der Waals surface area contributed by atoms with Crippen LogP contribution in [0.1, 0.15) is 22.3 Å². The molecule has 0 heterocycles. The van der Waals surface area contributed by atoms with E-state index in [2.05, 4.69) is 5.32 Å². The standard InChI is InChI=1S/C24H23ClF2N2O2S/c1-15-9-16(2)11-19(10-15)32(31)29(14-24(30)28-3)23-8-7-18(25)12-17(23)13-20-21(26)5-4-6-22(20)27/h4-12H,13-14H2,1-3H3,(H,28,30). The number of nitrogens with zero attached hydrogens (tertiary/aromatic N) is 1. The van der Waals surface area contributed by atoms with Crippen LogP contribution in [-0.2, 0) is 22.2 Å². The summed E-state index contributed by atoms with van der Waals surface area (Å²) in [5, 5.41) is 2.89. The zero-order valence-corrected chi connectivity index (χ0v) is 19.5. The van der Waals surface area contributed by atoms with Gasteiger partial charge in [0.15, 0.2) is 11.0 Å². The number of nitrogens with one attached hydrogen (secondary N) is 1. The maximum Gasteiger partial charge on any atom is 0.240 e. The summed E-state index contributed by atoms with van der Waals surface area (Å²) in [5.74, 6) is -1.74. The third kappa shape index (κ3) is 5.53. The van der Waals surface area contributed by atoms with Gasteiger partial charge < -0.3 is 5.32 Å². The molecular formula is C24H23ClF2N2O2S. The fraction of sp³-hybridized carbons (Fsp3) is 0.208. The number of hydrogen-bond acceptors (Lipinski definition) is 2. The molecule has 0 bridgehead atoms. The molecule has 0 saturated heterocycles. The third-order valence-electron chi connectivity index (χ3n) is 4.90. The maximum atomic E-state index is 14.3. The van der Waals surface area contributed by atoms with Crippen LogP contribution in [0, 0.1) is 25.5 Å². The van der Waals surface area contributed by atoms with Crippen LogP contribution in [0.2, 0.25) is 5.02 Å². The van der Waals surface area contributed by atoms with Gasteiger partial charge in [-0.3, -0.25) is 9.10 Å². The summed E-state index contributed by atoms with van der Waals surface area (Å²) in [6.07, 6.45) is -0.122. The molecule has 1 atom stereocenters. The molecule has 3 rings (SSSR count). The molecule has 1 amide bonds. The van der Waals surface area contributed by atoms with Gasteiger partial charge in [-0.1, -0.05) is 23.7 Å². The SMILES string of the molecule is CNC(=O)CN(c1ccc(Cl)cc1Cc1c(F)cccc1F)S(=O)c1cc(C)cc(C)c1. The number of likely N-dealkylation sites (N-methyl/N-ethyl adjacent to an activating group) is 1. The van der Waals surface area contributed by atoms with Crippen molar-refractivity contribution >= 4 is 34.2 Å². The Morgan fingerprint density at radius 2 is 1.66 bits per heavy atom. The zero-order chi connectivity index (χ0) is 23.4. The van der Waals surface area contributed by atoms with E-state index >= 15 is 0 Å². The first kappa shape index (κ1) is 23.9. The topological polar surface area (TPSA) is 49.4 Å². The Hall–Kier alpha value is -2.77. The van der Waals surface area contributed by atoms with E-state index in [1.54, 1.807) is 30.3 Å². The van der Waals surface area contributed by atoms with Crippen molar-refractivity contribution in [1.29, 1.82) is 0 Å². The van der Waals surface area contributed by atoms with E-state index in [0.717, 1.165) is 11.1 Å². The van der Waals surface area contributed by atoms with E-state index in [-0.39, 0.29) is 24.4 Å². The predicted octanol–water partition coefficient (Wildman–Crippen LogP) is 5.10. The lowest BCUT2D eigenvalue weighted by Gasteiger charge is -2.26. The van der Waals surface area contributed by atoms with Gasteiger partial charge in [-0.25, -0.2) is 13.0 Å². The highest BCUT2D eigenvalue weighted by Gasteiger charge is 2.23. The van der Waals surface area contributed by atoms with Crippen molar-refractivity contribution in [3.63, 3.8) is 0 Å². The molecule has 0 fully saturated rings. The molecule has 4 nitrogen and oxygen atoms in total. The van der Waals surface area contributed by atoms with E-state index in [9.17, 15) is 17.8 Å². The molecule has 0 aliphatic rings. The van der Waals surface area contributed by atoms with Crippen LogP contribution in [-0.4, -0.2) is 23.7 Å². The Morgan fingerprint density at radius 3 is 2.25 bits per heavy atom. The number of hydrogen-bond donors (Lipinski definition) is 1.